The van der Waals surface area contributed by atoms with Crippen molar-refractivity contribution in [3.8, 4) is 0 Å². The first-order valence-corrected chi connectivity index (χ1v) is 11.6. The molecule has 1 fully saturated rings. The van der Waals surface area contributed by atoms with Crippen LogP contribution in [0.2, 0.25) is 0 Å². The van der Waals surface area contributed by atoms with Crippen LogP contribution < -0.4 is 11.6 Å². The summed E-state index contributed by atoms with van der Waals surface area (Å²) < 4.78 is 39.3. The number of rotatable bonds is 9. The van der Waals surface area contributed by atoms with Gasteiger partial charge < -0.3 is 30.4 Å². The Morgan fingerprint density at radius 2 is 1.91 bits per heavy atom. The number of hydrogen-bond donors (Lipinski definition) is 6. The van der Waals surface area contributed by atoms with Crippen LogP contribution in [-0.2, 0) is 26.4 Å². The van der Waals surface area contributed by atoms with Crippen LogP contribution in [0.25, 0.3) is 11.2 Å². The smallest absolute Gasteiger partial charge is 0.387 e. The van der Waals surface area contributed by atoms with Crippen LogP contribution in [0.15, 0.2) is 6.33 Å². The summed E-state index contributed by atoms with van der Waals surface area (Å²) >= 11 is 0. The maximum atomic E-state index is 10.7. The number of aryl methyl sites for hydroxylation is 1. The number of nitrogen functional groups attached to an aromatic ring is 1. The second-order valence-electron chi connectivity index (χ2n) is 7.52. The molecule has 188 valence electrons. The highest BCUT2D eigenvalue weighted by atomic mass is 32.3. The van der Waals surface area contributed by atoms with Gasteiger partial charge in [0, 0.05) is 13.0 Å². The van der Waals surface area contributed by atoms with E-state index >= 15 is 0 Å². The van der Waals surface area contributed by atoms with Gasteiger partial charge in [0.2, 0.25) is 0 Å². The fraction of sp³-hybridized carbons (Fsp3) is 0.706. The largest absolute Gasteiger partial charge is 0.394 e. The van der Waals surface area contributed by atoms with E-state index in [1.807, 2.05) is 18.9 Å². The highest BCUT2D eigenvalue weighted by Crippen LogP contribution is 2.34. The molecule has 8 N–H and O–H groups in total. The van der Waals surface area contributed by atoms with Crippen molar-refractivity contribution in [2.24, 2.45) is 5.90 Å². The van der Waals surface area contributed by atoms with Crippen molar-refractivity contribution in [3.63, 3.8) is 0 Å². The highest BCUT2D eigenvalue weighted by Gasteiger charge is 2.45. The number of aromatic nitrogens is 4. The summed E-state index contributed by atoms with van der Waals surface area (Å²) in [7, 11) is -2.73. The van der Waals surface area contributed by atoms with Gasteiger partial charge in [-0.2, -0.15) is 8.42 Å². The Balaban J connectivity index is 0.000000696. The molecule has 33 heavy (non-hydrogen) atoms. The van der Waals surface area contributed by atoms with Crippen molar-refractivity contribution in [2.75, 3.05) is 32.5 Å². The molecule has 4 atom stereocenters. The van der Waals surface area contributed by atoms with Crippen molar-refractivity contribution in [3.05, 3.63) is 12.2 Å². The number of nitrogens with two attached hydrogens (primary N) is 2. The van der Waals surface area contributed by atoms with Gasteiger partial charge in [0.15, 0.2) is 23.2 Å². The molecule has 0 saturated carbocycles. The van der Waals surface area contributed by atoms with Crippen LogP contribution in [0.1, 0.15) is 31.8 Å². The number of ether oxygens (including phenoxy) is 1. The molecule has 1 saturated heterocycles. The van der Waals surface area contributed by atoms with Gasteiger partial charge in [0.25, 0.3) is 0 Å². The quantitative estimate of drug-likeness (QED) is 0.133. The fourth-order valence-corrected chi connectivity index (χ4v) is 3.55. The van der Waals surface area contributed by atoms with Crippen molar-refractivity contribution in [1.29, 1.82) is 0 Å². The Morgan fingerprint density at radius 3 is 2.52 bits per heavy atom. The maximum absolute atomic E-state index is 10.7. The molecule has 2 aromatic rings. The second kappa shape index (κ2) is 11.9. The Morgan fingerprint density at radius 1 is 1.24 bits per heavy atom. The third-order valence-corrected chi connectivity index (χ3v) is 5.03. The molecule has 1 aliphatic heterocycles. The lowest BCUT2D eigenvalue weighted by atomic mass is 10.1. The molecule has 0 radical (unpaired) electrons. The second-order valence-corrected chi connectivity index (χ2v) is 8.41. The SMILES string of the molecule is CCc1nc2c(N)ncnc2n1[C@@H]1O[C@H](CN(C)CCCCON)[C@@H](O)[C@H]1O.O=S(=O)(O)O. The van der Waals surface area contributed by atoms with Crippen molar-refractivity contribution >= 4 is 27.4 Å². The van der Waals surface area contributed by atoms with Gasteiger partial charge in [-0.25, -0.2) is 20.8 Å². The number of fused-ring (bicyclic) bond motifs is 1. The third-order valence-electron chi connectivity index (χ3n) is 5.03. The Labute approximate surface area is 190 Å². The van der Waals surface area contributed by atoms with Crippen LogP contribution in [0.3, 0.4) is 0 Å². The molecule has 0 bridgehead atoms. The first-order valence-electron chi connectivity index (χ1n) is 10.2. The standard InChI is InChI=1S/C17H29N7O4.H2O4S/c1-3-11-22-12-15(18)20-9-21-16(12)24(11)17-14(26)13(25)10(28-17)8-23(2)6-4-5-7-27-19;1-5(2,3)4/h9-10,13-14,17,25-26H,3-8,19H2,1-2H3,(H2,18,20,21);(H2,1,2,3,4)/t10-,13-,14-,17-;/m1./s1. The minimum atomic E-state index is -4.67. The summed E-state index contributed by atoms with van der Waals surface area (Å²) in [6, 6.07) is 0. The zero-order chi connectivity index (χ0) is 24.8. The highest BCUT2D eigenvalue weighted by molar-refractivity contribution is 7.79. The summed E-state index contributed by atoms with van der Waals surface area (Å²) in [6.45, 7) is 3.73. The van der Waals surface area contributed by atoms with E-state index in [2.05, 4.69) is 19.8 Å². The van der Waals surface area contributed by atoms with E-state index < -0.39 is 34.9 Å². The number of unbranched alkanes of at least 4 members (excludes halogenated alkanes) is 1. The molecular weight excluding hydrogens is 462 g/mol. The average Bonchev–Trinajstić information content (AvgIpc) is 3.23. The molecule has 0 spiro atoms. The molecular formula is C17H31N7O8S. The van der Waals surface area contributed by atoms with Crippen LogP contribution >= 0.6 is 0 Å². The van der Waals surface area contributed by atoms with E-state index in [4.69, 9.17) is 33.9 Å². The Bertz CT molecular complexity index is 997. The van der Waals surface area contributed by atoms with Crippen molar-refractivity contribution in [1.82, 2.24) is 24.4 Å². The first kappa shape index (κ1) is 27.2. The summed E-state index contributed by atoms with van der Waals surface area (Å²) in [4.78, 5) is 19.3. The Kier molecular flexibility index (Phi) is 9.83. The summed E-state index contributed by atoms with van der Waals surface area (Å²) in [5, 5.41) is 21.2. The summed E-state index contributed by atoms with van der Waals surface area (Å²) in [5.41, 5.74) is 6.86. The number of anilines is 1. The topological polar surface area (TPSA) is 232 Å². The average molecular weight is 494 g/mol. The van der Waals surface area contributed by atoms with E-state index in [-0.39, 0.29) is 5.82 Å². The first-order chi connectivity index (χ1) is 15.5. The lowest BCUT2D eigenvalue weighted by molar-refractivity contribution is -0.0435. The van der Waals surface area contributed by atoms with Crippen LogP contribution in [0, 0.1) is 0 Å². The predicted octanol–water partition coefficient (Wildman–Crippen LogP) is -1.46. The number of aliphatic hydroxyl groups is 2. The van der Waals surface area contributed by atoms with E-state index in [1.54, 1.807) is 4.57 Å². The molecule has 2 aromatic heterocycles. The van der Waals surface area contributed by atoms with Crippen LogP contribution in [0.4, 0.5) is 5.82 Å². The van der Waals surface area contributed by atoms with Crippen LogP contribution in [-0.4, -0.2) is 97.2 Å². The molecule has 1 aliphatic rings. The molecule has 0 amide bonds. The zero-order valence-electron chi connectivity index (χ0n) is 18.4. The maximum Gasteiger partial charge on any atom is 0.394 e. The van der Waals surface area contributed by atoms with Gasteiger partial charge in [-0.15, -0.1) is 0 Å². The van der Waals surface area contributed by atoms with E-state index in [0.717, 1.165) is 19.4 Å². The van der Waals surface area contributed by atoms with Gasteiger partial charge in [0.1, 0.15) is 30.5 Å². The predicted molar refractivity (Wildman–Crippen MR) is 116 cm³/mol. The monoisotopic (exact) mass is 493 g/mol. The van der Waals surface area contributed by atoms with E-state index in [1.165, 1.54) is 6.33 Å². The lowest BCUT2D eigenvalue weighted by Crippen LogP contribution is -2.39. The van der Waals surface area contributed by atoms with Gasteiger partial charge in [0.05, 0.1) is 6.61 Å². The fourth-order valence-electron chi connectivity index (χ4n) is 3.55. The molecule has 3 rings (SSSR count). The number of hydrogen-bond acceptors (Lipinski definition) is 12. The van der Waals surface area contributed by atoms with Crippen LogP contribution in [0.5, 0.6) is 0 Å². The van der Waals surface area contributed by atoms with Gasteiger partial charge in [-0.05, 0) is 26.4 Å². The van der Waals surface area contributed by atoms with Gasteiger partial charge in [-0.1, -0.05) is 6.92 Å². The van der Waals surface area contributed by atoms with Gasteiger partial charge >= 0.3 is 10.4 Å². The van der Waals surface area contributed by atoms with Crippen molar-refractivity contribution in [2.45, 2.75) is 50.7 Å². The van der Waals surface area contributed by atoms with Crippen molar-refractivity contribution < 1.29 is 37.3 Å². The lowest BCUT2D eigenvalue weighted by Gasteiger charge is -2.22. The molecule has 0 unspecified atom stereocenters. The Hall–Kier alpha value is -2.02. The molecule has 0 aromatic carbocycles. The summed E-state index contributed by atoms with van der Waals surface area (Å²) in [6.07, 6.45) is 0.220. The number of nitrogens with zero attached hydrogens (tertiary/aromatic N) is 5. The van der Waals surface area contributed by atoms with E-state index in [9.17, 15) is 10.2 Å². The number of likely N-dealkylation sites (N-methyl/N-ethyl adjacent to an activating group) is 1. The zero-order valence-corrected chi connectivity index (χ0v) is 19.2. The molecule has 0 aliphatic carbocycles. The normalized spacial score (nSPS) is 23.2. The molecule has 3 heterocycles. The van der Waals surface area contributed by atoms with E-state index in [0.29, 0.717) is 36.6 Å². The molecule has 16 heteroatoms. The number of aliphatic hydroxyl groups excluding tert-OH is 2. The minimum Gasteiger partial charge on any atom is -0.387 e. The summed E-state index contributed by atoms with van der Waals surface area (Å²) in [5.74, 6) is 5.96. The minimum absolute atomic E-state index is 0.268. The number of imidazole rings is 1. The van der Waals surface area contributed by atoms with Gasteiger partial charge in [-0.3, -0.25) is 13.7 Å². The molecule has 15 nitrogen and oxygen atoms in total. The third kappa shape index (κ3) is 7.49.